The first-order chi connectivity index (χ1) is 7.79. The molecule has 0 fully saturated rings. The van der Waals surface area contributed by atoms with E-state index in [1.54, 1.807) is 6.92 Å². The van der Waals surface area contributed by atoms with Crippen molar-refractivity contribution < 1.29 is 30.0 Å². The summed E-state index contributed by atoms with van der Waals surface area (Å²) in [5.74, 6) is -1.80. The molecule has 4 N–H and O–H groups in total. The molecule has 0 heterocycles. The Hall–Kier alpha value is -1.14. The van der Waals surface area contributed by atoms with Crippen LogP contribution in [0.1, 0.15) is 46.0 Å². The van der Waals surface area contributed by atoms with Crippen molar-refractivity contribution >= 4 is 11.9 Å². The fraction of sp³-hybridized carbons (Fsp3) is 0.818. The number of aliphatic hydroxyl groups excluding tert-OH is 1. The van der Waals surface area contributed by atoms with E-state index in [9.17, 15) is 9.59 Å². The third kappa shape index (κ3) is 20.8. The van der Waals surface area contributed by atoms with Crippen molar-refractivity contribution in [2.75, 3.05) is 0 Å². The molecular weight excluding hydrogens is 228 g/mol. The molecular formula is C11H22O6. The summed E-state index contributed by atoms with van der Waals surface area (Å²) in [5.41, 5.74) is 0. The molecule has 0 radical (unpaired) electrons. The van der Waals surface area contributed by atoms with Gasteiger partial charge in [-0.1, -0.05) is 20.3 Å². The number of carbonyl (C=O) groups is 2. The third-order valence-corrected chi connectivity index (χ3v) is 1.92. The first kappa shape index (κ1) is 18.2. The van der Waals surface area contributed by atoms with E-state index < -0.39 is 18.2 Å². The van der Waals surface area contributed by atoms with Gasteiger partial charge in [0.2, 0.25) is 0 Å². The number of hydrogen-bond donors (Lipinski definition) is 4. The standard InChI is InChI=1S/C7H12O4.C4H10O2/c1-5(4-7(10)11)2-3-6(8)9;1-2-3-4(5)6/h5H,2-4H2,1H3,(H,8,9)(H,10,11);4-6H,2-3H2,1H3. The van der Waals surface area contributed by atoms with Crippen LogP contribution in [0.15, 0.2) is 0 Å². The Labute approximate surface area is 101 Å². The van der Waals surface area contributed by atoms with Gasteiger partial charge in [-0.3, -0.25) is 9.59 Å². The van der Waals surface area contributed by atoms with Crippen molar-refractivity contribution in [1.29, 1.82) is 0 Å². The highest BCUT2D eigenvalue weighted by atomic mass is 16.5. The summed E-state index contributed by atoms with van der Waals surface area (Å²) in [6.07, 6.45) is 0.746. The maximum atomic E-state index is 10.1. The lowest BCUT2D eigenvalue weighted by atomic mass is 10.0. The quantitative estimate of drug-likeness (QED) is 0.502. The number of aliphatic carboxylic acids is 2. The molecule has 17 heavy (non-hydrogen) atoms. The zero-order chi connectivity index (χ0) is 13.8. The van der Waals surface area contributed by atoms with E-state index in [2.05, 4.69) is 0 Å². The fourth-order valence-electron chi connectivity index (χ4n) is 1.03. The Bertz CT molecular complexity index is 214. The van der Waals surface area contributed by atoms with Crippen molar-refractivity contribution in [3.8, 4) is 0 Å². The molecule has 0 saturated carbocycles. The van der Waals surface area contributed by atoms with Gasteiger partial charge in [-0.05, 0) is 18.8 Å². The van der Waals surface area contributed by atoms with Gasteiger partial charge in [0, 0.05) is 12.8 Å². The SMILES string of the molecule is CC(CCC(=O)O)CC(=O)O.CCCC(O)O. The molecule has 0 aromatic carbocycles. The number of carboxylic acids is 2. The molecule has 0 rings (SSSR count). The fourth-order valence-corrected chi connectivity index (χ4v) is 1.03. The minimum absolute atomic E-state index is 0.0489. The summed E-state index contributed by atoms with van der Waals surface area (Å²) in [6, 6.07) is 0. The maximum absolute atomic E-state index is 10.1. The summed E-state index contributed by atoms with van der Waals surface area (Å²) < 4.78 is 0. The minimum atomic E-state index is -1.10. The molecule has 1 atom stereocenters. The third-order valence-electron chi connectivity index (χ3n) is 1.92. The molecule has 0 saturated heterocycles. The normalized spacial score (nSPS) is 11.6. The average Bonchev–Trinajstić information content (AvgIpc) is 2.14. The monoisotopic (exact) mass is 250 g/mol. The highest BCUT2D eigenvalue weighted by Gasteiger charge is 2.08. The van der Waals surface area contributed by atoms with Crippen molar-refractivity contribution in [3.05, 3.63) is 0 Å². The summed E-state index contributed by atoms with van der Waals surface area (Å²) in [4.78, 5) is 20.1. The molecule has 6 heteroatoms. The van der Waals surface area contributed by atoms with E-state index in [0.29, 0.717) is 12.8 Å². The van der Waals surface area contributed by atoms with Crippen molar-refractivity contribution in [2.45, 2.75) is 52.2 Å². The average molecular weight is 250 g/mol. The number of rotatable bonds is 7. The first-order valence-electron chi connectivity index (χ1n) is 5.59. The zero-order valence-corrected chi connectivity index (χ0v) is 10.3. The molecule has 0 aliphatic carbocycles. The Morgan fingerprint density at radius 1 is 1.06 bits per heavy atom. The predicted octanol–water partition coefficient (Wildman–Crippen LogP) is 1.06. The Morgan fingerprint density at radius 3 is 1.82 bits per heavy atom. The van der Waals surface area contributed by atoms with Crippen LogP contribution in [0.4, 0.5) is 0 Å². The van der Waals surface area contributed by atoms with Crippen LogP contribution in [-0.2, 0) is 9.59 Å². The van der Waals surface area contributed by atoms with Crippen molar-refractivity contribution in [1.82, 2.24) is 0 Å². The molecule has 0 bridgehead atoms. The van der Waals surface area contributed by atoms with Gasteiger partial charge in [-0.15, -0.1) is 0 Å². The zero-order valence-electron chi connectivity index (χ0n) is 10.3. The lowest BCUT2D eigenvalue weighted by molar-refractivity contribution is -0.140. The minimum Gasteiger partial charge on any atom is -0.481 e. The van der Waals surface area contributed by atoms with Crippen LogP contribution in [-0.4, -0.2) is 38.7 Å². The van der Waals surface area contributed by atoms with E-state index in [0.717, 1.165) is 6.42 Å². The van der Waals surface area contributed by atoms with Gasteiger partial charge in [0.15, 0.2) is 6.29 Å². The van der Waals surface area contributed by atoms with Gasteiger partial charge in [-0.2, -0.15) is 0 Å². The van der Waals surface area contributed by atoms with Gasteiger partial charge < -0.3 is 20.4 Å². The lowest BCUT2D eigenvalue weighted by Crippen LogP contribution is -2.06. The van der Waals surface area contributed by atoms with E-state index in [1.165, 1.54) is 0 Å². The van der Waals surface area contributed by atoms with Crippen LogP contribution in [0, 0.1) is 5.92 Å². The van der Waals surface area contributed by atoms with Crippen LogP contribution < -0.4 is 0 Å². The molecule has 0 aromatic rings. The molecule has 6 nitrogen and oxygen atoms in total. The summed E-state index contributed by atoms with van der Waals surface area (Å²) in [7, 11) is 0. The second-order valence-electron chi connectivity index (χ2n) is 3.90. The number of carboxylic acid groups (broad SMARTS) is 2. The second kappa shape index (κ2) is 11.3. The highest BCUT2D eigenvalue weighted by molar-refractivity contribution is 5.68. The predicted molar refractivity (Wildman–Crippen MR) is 61.4 cm³/mol. The van der Waals surface area contributed by atoms with Gasteiger partial charge in [0.25, 0.3) is 0 Å². The van der Waals surface area contributed by atoms with Crippen molar-refractivity contribution in [2.24, 2.45) is 5.92 Å². The summed E-state index contributed by atoms with van der Waals surface area (Å²) in [5, 5.41) is 32.8. The summed E-state index contributed by atoms with van der Waals surface area (Å²) in [6.45, 7) is 3.64. The smallest absolute Gasteiger partial charge is 0.303 e. The van der Waals surface area contributed by atoms with Gasteiger partial charge >= 0.3 is 11.9 Å². The molecule has 102 valence electrons. The summed E-state index contributed by atoms with van der Waals surface area (Å²) >= 11 is 0. The van der Waals surface area contributed by atoms with Gasteiger partial charge in [0.05, 0.1) is 0 Å². The van der Waals surface area contributed by atoms with Crippen LogP contribution >= 0.6 is 0 Å². The largest absolute Gasteiger partial charge is 0.481 e. The van der Waals surface area contributed by atoms with Gasteiger partial charge in [-0.25, -0.2) is 0 Å². The molecule has 0 aromatic heterocycles. The Balaban J connectivity index is 0. The molecule has 0 aliphatic rings. The van der Waals surface area contributed by atoms with E-state index in [1.807, 2.05) is 6.92 Å². The van der Waals surface area contributed by atoms with Crippen LogP contribution in [0.25, 0.3) is 0 Å². The van der Waals surface area contributed by atoms with Crippen LogP contribution in [0.2, 0.25) is 0 Å². The van der Waals surface area contributed by atoms with E-state index >= 15 is 0 Å². The van der Waals surface area contributed by atoms with Crippen LogP contribution in [0.5, 0.6) is 0 Å². The topological polar surface area (TPSA) is 115 Å². The first-order valence-corrected chi connectivity index (χ1v) is 5.59. The molecule has 0 spiro atoms. The van der Waals surface area contributed by atoms with E-state index in [4.69, 9.17) is 20.4 Å². The molecule has 1 unspecified atom stereocenters. The van der Waals surface area contributed by atoms with Crippen LogP contribution in [0.3, 0.4) is 0 Å². The number of hydrogen-bond acceptors (Lipinski definition) is 4. The highest BCUT2D eigenvalue weighted by Crippen LogP contribution is 2.09. The second-order valence-corrected chi connectivity index (χ2v) is 3.90. The van der Waals surface area contributed by atoms with Gasteiger partial charge in [0.1, 0.15) is 0 Å². The Kier molecular flexibility index (Phi) is 12.2. The van der Waals surface area contributed by atoms with E-state index in [-0.39, 0.29) is 18.8 Å². The molecule has 0 amide bonds. The van der Waals surface area contributed by atoms with Crippen molar-refractivity contribution in [3.63, 3.8) is 0 Å². The Morgan fingerprint density at radius 2 is 1.59 bits per heavy atom. The number of aliphatic hydroxyl groups is 2. The maximum Gasteiger partial charge on any atom is 0.303 e. The lowest BCUT2D eigenvalue weighted by Gasteiger charge is -2.04. The molecule has 0 aliphatic heterocycles.